The van der Waals surface area contributed by atoms with Crippen molar-refractivity contribution in [1.82, 2.24) is 10.3 Å². The van der Waals surface area contributed by atoms with Gasteiger partial charge in [-0.05, 0) is 61.2 Å². The second-order valence-electron chi connectivity index (χ2n) is 5.13. The highest BCUT2D eigenvalue weighted by molar-refractivity contribution is 9.10. The first-order valence-electron chi connectivity index (χ1n) is 7.03. The van der Waals surface area contributed by atoms with Crippen molar-refractivity contribution >= 4 is 15.9 Å². The summed E-state index contributed by atoms with van der Waals surface area (Å²) in [7, 11) is 0. The molecule has 0 bridgehead atoms. The van der Waals surface area contributed by atoms with E-state index in [0.29, 0.717) is 0 Å². The van der Waals surface area contributed by atoms with Gasteiger partial charge in [0.05, 0.1) is 6.04 Å². The maximum absolute atomic E-state index is 4.29. The van der Waals surface area contributed by atoms with Crippen LogP contribution in [0.15, 0.2) is 41.1 Å². The highest BCUT2D eigenvalue weighted by Gasteiger charge is 2.16. The van der Waals surface area contributed by atoms with Crippen LogP contribution in [0.5, 0.6) is 0 Å². The molecule has 1 aromatic heterocycles. The third kappa shape index (κ3) is 3.47. The van der Waals surface area contributed by atoms with Crippen LogP contribution in [0.1, 0.15) is 41.6 Å². The predicted molar refractivity (Wildman–Crippen MR) is 88.0 cm³/mol. The van der Waals surface area contributed by atoms with E-state index in [-0.39, 0.29) is 6.04 Å². The number of hydrogen-bond donors (Lipinski definition) is 1. The summed E-state index contributed by atoms with van der Waals surface area (Å²) in [5, 5.41) is 3.63. The zero-order valence-electron chi connectivity index (χ0n) is 12.3. The van der Waals surface area contributed by atoms with Crippen LogP contribution >= 0.6 is 15.9 Å². The van der Waals surface area contributed by atoms with Crippen LogP contribution in [0, 0.1) is 13.8 Å². The predicted octanol–water partition coefficient (Wildman–Crippen LogP) is 4.55. The molecule has 0 amide bonds. The molecule has 20 heavy (non-hydrogen) atoms. The molecule has 1 aromatic carbocycles. The molecule has 106 valence electrons. The Kier molecular flexibility index (Phi) is 5.32. The number of pyridine rings is 1. The van der Waals surface area contributed by atoms with Crippen molar-refractivity contribution in [3.63, 3.8) is 0 Å². The molecule has 2 aromatic rings. The summed E-state index contributed by atoms with van der Waals surface area (Å²) in [6.07, 6.45) is 4.93. The highest BCUT2D eigenvalue weighted by Crippen LogP contribution is 2.27. The molecule has 1 heterocycles. The number of nitrogens with zero attached hydrogens (tertiary/aromatic N) is 1. The van der Waals surface area contributed by atoms with Crippen molar-refractivity contribution < 1.29 is 0 Å². The Morgan fingerprint density at radius 1 is 1.20 bits per heavy atom. The zero-order chi connectivity index (χ0) is 14.5. The Hall–Kier alpha value is -1.19. The lowest BCUT2D eigenvalue weighted by Crippen LogP contribution is -2.24. The van der Waals surface area contributed by atoms with Crippen LogP contribution in [-0.2, 0) is 0 Å². The van der Waals surface area contributed by atoms with Crippen LogP contribution < -0.4 is 5.32 Å². The fourth-order valence-electron chi connectivity index (χ4n) is 2.26. The molecule has 1 atom stereocenters. The summed E-state index contributed by atoms with van der Waals surface area (Å²) >= 11 is 3.63. The molecule has 0 radical (unpaired) electrons. The molecule has 0 aliphatic heterocycles. The number of aryl methyl sites for hydroxylation is 2. The minimum Gasteiger partial charge on any atom is -0.306 e. The summed E-state index contributed by atoms with van der Waals surface area (Å²) < 4.78 is 1.15. The van der Waals surface area contributed by atoms with E-state index in [1.165, 1.54) is 22.3 Å². The Labute approximate surface area is 129 Å². The number of aromatic nitrogens is 1. The summed E-state index contributed by atoms with van der Waals surface area (Å²) in [4.78, 5) is 4.29. The quantitative estimate of drug-likeness (QED) is 0.868. The SMILES string of the molecule is CCCNC(c1ccc(C)c(Br)c1)c1cnccc1C. The Morgan fingerprint density at radius 3 is 2.65 bits per heavy atom. The molecule has 0 fully saturated rings. The number of hydrogen-bond acceptors (Lipinski definition) is 2. The first-order chi connectivity index (χ1) is 9.63. The van der Waals surface area contributed by atoms with Crippen molar-refractivity contribution in [2.75, 3.05) is 6.54 Å². The molecule has 0 saturated carbocycles. The first-order valence-corrected chi connectivity index (χ1v) is 7.82. The number of benzene rings is 1. The number of nitrogens with one attached hydrogen (secondary N) is 1. The number of halogens is 1. The maximum atomic E-state index is 4.29. The van der Waals surface area contributed by atoms with Gasteiger partial charge in [0.1, 0.15) is 0 Å². The zero-order valence-corrected chi connectivity index (χ0v) is 13.9. The molecule has 1 N–H and O–H groups in total. The Balaban J connectivity index is 2.41. The van der Waals surface area contributed by atoms with Gasteiger partial charge in [-0.3, -0.25) is 4.98 Å². The van der Waals surface area contributed by atoms with E-state index >= 15 is 0 Å². The van der Waals surface area contributed by atoms with Crippen molar-refractivity contribution in [3.05, 3.63) is 63.4 Å². The highest BCUT2D eigenvalue weighted by atomic mass is 79.9. The molecule has 0 spiro atoms. The van der Waals surface area contributed by atoms with Crippen LogP contribution in [0.25, 0.3) is 0 Å². The van der Waals surface area contributed by atoms with Crippen LogP contribution in [-0.4, -0.2) is 11.5 Å². The van der Waals surface area contributed by atoms with Gasteiger partial charge in [0.15, 0.2) is 0 Å². The monoisotopic (exact) mass is 332 g/mol. The summed E-state index contributed by atoms with van der Waals surface area (Å²) in [6.45, 7) is 7.42. The number of rotatable bonds is 5. The van der Waals surface area contributed by atoms with Crippen molar-refractivity contribution in [2.45, 2.75) is 33.2 Å². The van der Waals surface area contributed by atoms with Gasteiger partial charge in [-0.25, -0.2) is 0 Å². The van der Waals surface area contributed by atoms with Gasteiger partial charge in [0, 0.05) is 16.9 Å². The van der Waals surface area contributed by atoms with E-state index in [0.717, 1.165) is 17.4 Å². The Morgan fingerprint density at radius 2 is 2.00 bits per heavy atom. The van der Waals surface area contributed by atoms with Crippen molar-refractivity contribution in [3.8, 4) is 0 Å². The van der Waals surface area contributed by atoms with Gasteiger partial charge in [-0.2, -0.15) is 0 Å². The van der Waals surface area contributed by atoms with Gasteiger partial charge >= 0.3 is 0 Å². The van der Waals surface area contributed by atoms with Gasteiger partial charge in [0.2, 0.25) is 0 Å². The molecule has 0 aliphatic carbocycles. The van der Waals surface area contributed by atoms with Crippen LogP contribution in [0.2, 0.25) is 0 Å². The Bertz CT molecular complexity index is 581. The van der Waals surface area contributed by atoms with E-state index in [4.69, 9.17) is 0 Å². The fourth-order valence-corrected chi connectivity index (χ4v) is 2.66. The minimum atomic E-state index is 0.195. The summed E-state index contributed by atoms with van der Waals surface area (Å²) in [5.41, 5.74) is 5.04. The largest absolute Gasteiger partial charge is 0.306 e. The molecule has 2 nitrogen and oxygen atoms in total. The standard InChI is InChI=1S/C17H21BrN2/c1-4-8-20-17(15-11-19-9-7-12(15)2)14-6-5-13(3)16(18)10-14/h5-7,9-11,17,20H,4,8H2,1-3H3. The lowest BCUT2D eigenvalue weighted by molar-refractivity contribution is 0.594. The molecular weight excluding hydrogens is 312 g/mol. The average molecular weight is 333 g/mol. The van der Waals surface area contributed by atoms with Gasteiger partial charge in [-0.1, -0.05) is 35.0 Å². The third-order valence-corrected chi connectivity index (χ3v) is 4.37. The maximum Gasteiger partial charge on any atom is 0.0595 e. The average Bonchev–Trinajstić information content (AvgIpc) is 2.44. The first kappa shape index (κ1) is 15.2. The fraction of sp³-hybridized carbons (Fsp3) is 0.353. The molecule has 1 unspecified atom stereocenters. The third-order valence-electron chi connectivity index (χ3n) is 3.52. The smallest absolute Gasteiger partial charge is 0.0595 e. The van der Waals surface area contributed by atoms with Gasteiger partial charge in [0.25, 0.3) is 0 Å². The van der Waals surface area contributed by atoms with E-state index in [2.05, 4.69) is 71.3 Å². The van der Waals surface area contributed by atoms with Crippen LogP contribution in [0.4, 0.5) is 0 Å². The minimum absolute atomic E-state index is 0.195. The van der Waals surface area contributed by atoms with E-state index in [1.54, 1.807) is 0 Å². The van der Waals surface area contributed by atoms with Gasteiger partial charge in [-0.15, -0.1) is 0 Å². The molecule has 2 rings (SSSR count). The topological polar surface area (TPSA) is 24.9 Å². The lowest BCUT2D eigenvalue weighted by atomic mass is 9.96. The second kappa shape index (κ2) is 7.00. The normalized spacial score (nSPS) is 12.4. The summed E-state index contributed by atoms with van der Waals surface area (Å²) in [5.74, 6) is 0. The van der Waals surface area contributed by atoms with E-state index in [9.17, 15) is 0 Å². The molecule has 3 heteroatoms. The van der Waals surface area contributed by atoms with Crippen molar-refractivity contribution in [2.24, 2.45) is 0 Å². The van der Waals surface area contributed by atoms with Crippen molar-refractivity contribution in [1.29, 1.82) is 0 Å². The molecule has 0 saturated heterocycles. The lowest BCUT2D eigenvalue weighted by Gasteiger charge is -2.21. The van der Waals surface area contributed by atoms with E-state index < -0.39 is 0 Å². The molecular formula is C17H21BrN2. The summed E-state index contributed by atoms with van der Waals surface area (Å²) in [6, 6.07) is 8.82. The van der Waals surface area contributed by atoms with Gasteiger partial charge < -0.3 is 5.32 Å². The second-order valence-corrected chi connectivity index (χ2v) is 5.98. The molecule has 0 aliphatic rings. The van der Waals surface area contributed by atoms with Crippen LogP contribution in [0.3, 0.4) is 0 Å². The van der Waals surface area contributed by atoms with E-state index in [1.807, 2.05) is 12.4 Å².